The molecule has 1 N–H and O–H groups in total. The summed E-state index contributed by atoms with van der Waals surface area (Å²) in [6.07, 6.45) is 3.46. The summed E-state index contributed by atoms with van der Waals surface area (Å²) in [5.74, 6) is 0.0277. The molecule has 1 aliphatic heterocycles. The lowest BCUT2D eigenvalue weighted by atomic mass is 10.1. The number of nitrogens with zero attached hydrogens (tertiary/aromatic N) is 3. The van der Waals surface area contributed by atoms with Crippen molar-refractivity contribution >= 4 is 23.6 Å². The number of anilines is 1. The van der Waals surface area contributed by atoms with Gasteiger partial charge in [0.2, 0.25) is 0 Å². The number of carbonyl (C=O) groups is 2. The summed E-state index contributed by atoms with van der Waals surface area (Å²) in [6, 6.07) is 15.0. The number of hydrazine groups is 1. The van der Waals surface area contributed by atoms with Crippen LogP contribution in [-0.2, 0) is 9.59 Å². The highest BCUT2D eigenvalue weighted by Gasteiger charge is 2.34. The lowest BCUT2D eigenvalue weighted by molar-refractivity contribution is -0.117. The molecule has 3 aromatic rings. The fourth-order valence-electron chi connectivity index (χ4n) is 3.35. The van der Waals surface area contributed by atoms with Crippen LogP contribution in [0.25, 0.3) is 11.9 Å². The van der Waals surface area contributed by atoms with E-state index in [0.29, 0.717) is 5.69 Å². The van der Waals surface area contributed by atoms with E-state index in [4.69, 9.17) is 0 Å². The molecule has 0 atom stereocenters. The van der Waals surface area contributed by atoms with Crippen molar-refractivity contribution < 1.29 is 9.59 Å². The van der Waals surface area contributed by atoms with Gasteiger partial charge in [-0.1, -0.05) is 24.3 Å². The zero-order chi connectivity index (χ0) is 19.8. The van der Waals surface area contributed by atoms with Crippen molar-refractivity contribution in [2.24, 2.45) is 0 Å². The molecule has 1 aromatic carbocycles. The molecule has 28 heavy (non-hydrogen) atoms. The minimum atomic E-state index is -0.410. The van der Waals surface area contributed by atoms with Gasteiger partial charge in [0.25, 0.3) is 11.8 Å². The van der Waals surface area contributed by atoms with Crippen molar-refractivity contribution in [3.05, 3.63) is 82.8 Å². The number of rotatable bonds is 3. The van der Waals surface area contributed by atoms with Crippen LogP contribution in [0.5, 0.6) is 0 Å². The van der Waals surface area contributed by atoms with Crippen molar-refractivity contribution in [1.29, 1.82) is 0 Å². The van der Waals surface area contributed by atoms with Crippen LogP contribution in [0, 0.1) is 20.8 Å². The van der Waals surface area contributed by atoms with Gasteiger partial charge in [0, 0.05) is 17.6 Å². The third-order valence-corrected chi connectivity index (χ3v) is 4.80. The Hall–Kier alpha value is -3.67. The summed E-state index contributed by atoms with van der Waals surface area (Å²) >= 11 is 0. The van der Waals surface area contributed by atoms with Crippen LogP contribution in [0.3, 0.4) is 0 Å². The van der Waals surface area contributed by atoms with Crippen molar-refractivity contribution in [3.63, 3.8) is 0 Å². The number of aromatic nitrogens is 2. The van der Waals surface area contributed by atoms with E-state index >= 15 is 0 Å². The molecule has 2 aromatic heterocycles. The number of pyridine rings is 1. The molecule has 6 nitrogen and oxygen atoms in total. The number of hydrogen-bond donors (Lipinski definition) is 1. The summed E-state index contributed by atoms with van der Waals surface area (Å²) in [4.78, 5) is 29.7. The van der Waals surface area contributed by atoms with Gasteiger partial charge in [-0.15, -0.1) is 0 Å². The molecule has 0 spiro atoms. The summed E-state index contributed by atoms with van der Waals surface area (Å²) in [5, 5.41) is 1.27. The van der Waals surface area contributed by atoms with Crippen LogP contribution in [0.4, 0.5) is 5.69 Å². The number of para-hydroxylation sites is 1. The zero-order valence-corrected chi connectivity index (χ0v) is 15.9. The standard InChI is InChI=1S/C22H20N4O2/c1-14-9-10-20(23-13-14)25-15(2)11-17(16(25)3)12-19-21(27)24-26(22(19)28)18-7-5-4-6-8-18/h4-13H,1-3H3,(H,24,27). The molecule has 1 fully saturated rings. The molecule has 0 aliphatic carbocycles. The van der Waals surface area contributed by atoms with Gasteiger partial charge in [0.15, 0.2) is 0 Å². The monoisotopic (exact) mass is 372 g/mol. The van der Waals surface area contributed by atoms with E-state index in [1.807, 2.05) is 67.9 Å². The first-order valence-electron chi connectivity index (χ1n) is 9.00. The molecule has 0 bridgehead atoms. The Morgan fingerprint density at radius 1 is 1.00 bits per heavy atom. The van der Waals surface area contributed by atoms with Gasteiger partial charge in [-0.3, -0.25) is 15.0 Å². The summed E-state index contributed by atoms with van der Waals surface area (Å²) in [7, 11) is 0. The number of aryl methyl sites for hydroxylation is 2. The van der Waals surface area contributed by atoms with Crippen LogP contribution < -0.4 is 10.4 Å². The Labute approximate surface area is 163 Å². The van der Waals surface area contributed by atoms with Gasteiger partial charge < -0.3 is 4.57 Å². The molecular formula is C22H20N4O2. The normalized spacial score (nSPS) is 15.4. The van der Waals surface area contributed by atoms with Gasteiger partial charge in [-0.25, -0.2) is 9.99 Å². The first-order valence-corrected chi connectivity index (χ1v) is 9.00. The van der Waals surface area contributed by atoms with Crippen molar-refractivity contribution in [3.8, 4) is 5.82 Å². The summed E-state index contributed by atoms with van der Waals surface area (Å²) in [5.41, 5.74) is 7.16. The number of carbonyl (C=O) groups excluding carboxylic acids is 2. The van der Waals surface area contributed by atoms with Gasteiger partial charge >= 0.3 is 0 Å². The van der Waals surface area contributed by atoms with Crippen molar-refractivity contribution in [2.45, 2.75) is 20.8 Å². The van der Waals surface area contributed by atoms with Crippen LogP contribution in [0.15, 0.2) is 60.3 Å². The van der Waals surface area contributed by atoms with Crippen molar-refractivity contribution in [1.82, 2.24) is 15.0 Å². The number of amides is 2. The summed E-state index contributed by atoms with van der Waals surface area (Å²) in [6.45, 7) is 5.92. The molecule has 2 amide bonds. The fourth-order valence-corrected chi connectivity index (χ4v) is 3.35. The molecule has 6 heteroatoms. The van der Waals surface area contributed by atoms with Gasteiger partial charge in [0.05, 0.1) is 5.69 Å². The highest BCUT2D eigenvalue weighted by atomic mass is 16.2. The SMILES string of the molecule is Cc1ccc(-n2c(C)cc(C=C3C(=O)NN(c4ccccc4)C3=O)c2C)nc1. The average molecular weight is 372 g/mol. The average Bonchev–Trinajstić information content (AvgIpc) is 3.13. The zero-order valence-electron chi connectivity index (χ0n) is 15.9. The molecule has 3 heterocycles. The molecule has 0 unspecified atom stereocenters. The Morgan fingerprint density at radius 3 is 2.43 bits per heavy atom. The maximum atomic E-state index is 12.8. The Kier molecular flexibility index (Phi) is 4.31. The predicted octanol–water partition coefficient (Wildman–Crippen LogP) is 3.26. The maximum Gasteiger partial charge on any atom is 0.282 e. The third kappa shape index (κ3) is 2.99. The minimum absolute atomic E-state index is 0.112. The van der Waals surface area contributed by atoms with Crippen LogP contribution in [0.2, 0.25) is 0 Å². The van der Waals surface area contributed by atoms with Gasteiger partial charge in [-0.2, -0.15) is 0 Å². The smallest absolute Gasteiger partial charge is 0.282 e. The largest absolute Gasteiger partial charge is 0.303 e. The fraction of sp³-hybridized carbons (Fsp3) is 0.136. The first-order chi connectivity index (χ1) is 13.5. The second kappa shape index (κ2) is 6.81. The quantitative estimate of drug-likeness (QED) is 0.567. The number of benzene rings is 1. The lowest BCUT2D eigenvalue weighted by Gasteiger charge is -2.13. The second-order valence-corrected chi connectivity index (χ2v) is 6.83. The Bertz CT molecular complexity index is 1100. The van der Waals surface area contributed by atoms with E-state index in [1.165, 1.54) is 5.01 Å². The van der Waals surface area contributed by atoms with E-state index < -0.39 is 5.91 Å². The second-order valence-electron chi connectivity index (χ2n) is 6.83. The molecule has 0 radical (unpaired) electrons. The van der Waals surface area contributed by atoms with Gasteiger partial charge in [0.1, 0.15) is 11.4 Å². The van der Waals surface area contributed by atoms with E-state index in [-0.39, 0.29) is 11.5 Å². The molecule has 1 aliphatic rings. The molecular weight excluding hydrogens is 352 g/mol. The van der Waals surface area contributed by atoms with Crippen molar-refractivity contribution in [2.75, 3.05) is 5.01 Å². The first kappa shape index (κ1) is 17.7. The van der Waals surface area contributed by atoms with E-state index in [1.54, 1.807) is 18.2 Å². The Morgan fingerprint density at radius 2 is 1.75 bits per heavy atom. The van der Waals surface area contributed by atoms with E-state index in [2.05, 4.69) is 10.4 Å². The predicted molar refractivity (Wildman–Crippen MR) is 108 cm³/mol. The highest BCUT2D eigenvalue weighted by molar-refractivity contribution is 6.31. The summed E-state index contributed by atoms with van der Waals surface area (Å²) < 4.78 is 2.01. The molecule has 4 rings (SSSR count). The van der Waals surface area contributed by atoms with E-state index in [9.17, 15) is 9.59 Å². The maximum absolute atomic E-state index is 12.8. The number of hydrogen-bond acceptors (Lipinski definition) is 3. The van der Waals surface area contributed by atoms with Crippen LogP contribution >= 0.6 is 0 Å². The van der Waals surface area contributed by atoms with Gasteiger partial charge in [-0.05, 0) is 62.2 Å². The van der Waals surface area contributed by atoms with Crippen LogP contribution in [-0.4, -0.2) is 21.4 Å². The van der Waals surface area contributed by atoms with E-state index in [0.717, 1.165) is 28.3 Å². The minimum Gasteiger partial charge on any atom is -0.303 e. The molecule has 1 saturated heterocycles. The Balaban J connectivity index is 1.71. The molecule has 0 saturated carbocycles. The topological polar surface area (TPSA) is 67.2 Å². The third-order valence-electron chi connectivity index (χ3n) is 4.80. The number of nitrogens with one attached hydrogen (secondary N) is 1. The highest BCUT2D eigenvalue weighted by Crippen LogP contribution is 2.25. The van der Waals surface area contributed by atoms with Crippen LogP contribution in [0.1, 0.15) is 22.5 Å². The lowest BCUT2D eigenvalue weighted by Crippen LogP contribution is -2.35. The molecule has 140 valence electrons.